The molecule has 0 saturated carbocycles. The zero-order chi connectivity index (χ0) is 86.4. The van der Waals surface area contributed by atoms with Gasteiger partial charge in [-0.3, -0.25) is 57.6 Å². The average Bonchev–Trinajstić information content (AvgIpc) is 1.64. The molecule has 19 heterocycles. The van der Waals surface area contributed by atoms with Crippen LogP contribution in [-0.4, -0.2) is 212 Å². The Kier molecular flexibility index (Phi) is 25.8. The second kappa shape index (κ2) is 37.2. The number of alkyl halides is 4. The zero-order valence-corrected chi connectivity index (χ0v) is 74.1. The largest absolute Gasteiger partial charge is 0.401 e. The van der Waals surface area contributed by atoms with Crippen LogP contribution in [-0.2, 0) is 30.9 Å². The van der Waals surface area contributed by atoms with Crippen molar-refractivity contribution >= 4 is 112 Å². The minimum Gasteiger partial charge on any atom is -0.384 e. The van der Waals surface area contributed by atoms with Gasteiger partial charge in [-0.25, -0.2) is 44.3 Å². The highest BCUT2D eigenvalue weighted by atomic mass is 32.1. The molecule has 16 aromatic rings. The van der Waals surface area contributed by atoms with Gasteiger partial charge in [-0.05, 0) is 189 Å². The molecule has 0 amide bonds. The van der Waals surface area contributed by atoms with Crippen LogP contribution in [0.25, 0.3) is 67.6 Å². The third-order valence-electron chi connectivity index (χ3n) is 22.6. The van der Waals surface area contributed by atoms with E-state index in [0.29, 0.717) is 47.2 Å². The summed E-state index contributed by atoms with van der Waals surface area (Å²) in [6.07, 6.45) is 31.9. The van der Waals surface area contributed by atoms with Crippen LogP contribution in [0.1, 0.15) is 132 Å². The van der Waals surface area contributed by atoms with E-state index in [2.05, 4.69) is 155 Å². The minimum absolute atomic E-state index is 0.100. The summed E-state index contributed by atoms with van der Waals surface area (Å²) in [5, 5.41) is 44.5. The smallest absolute Gasteiger partial charge is 0.384 e. The van der Waals surface area contributed by atoms with Crippen molar-refractivity contribution in [1.29, 1.82) is 0 Å². The number of nitrogens with one attached hydrogen (secondary N) is 8. The molecule has 0 radical (unpaired) electrons. The zero-order valence-electron chi connectivity index (χ0n) is 70.8. The summed E-state index contributed by atoms with van der Waals surface area (Å²) < 4.78 is 85.3. The number of aryl methyl sites for hydroxylation is 4. The summed E-state index contributed by atoms with van der Waals surface area (Å²) in [4.78, 5) is 45.5. The number of anilines is 8. The normalized spacial score (nSPS) is 16.3. The second-order valence-corrected chi connectivity index (χ2v) is 36.5. The molecule has 3 saturated heterocycles. The third-order valence-corrected chi connectivity index (χ3v) is 25.5. The summed E-state index contributed by atoms with van der Waals surface area (Å²) >= 11 is 5.51. The van der Waals surface area contributed by atoms with Crippen molar-refractivity contribution in [3.8, 4) is 45.0 Å². The summed E-state index contributed by atoms with van der Waals surface area (Å²) in [6.45, 7) is 28.0. The molecule has 19 rings (SSSR count). The van der Waals surface area contributed by atoms with Crippen LogP contribution in [0.15, 0.2) is 123 Å². The summed E-state index contributed by atoms with van der Waals surface area (Å²) in [5.74, 6) is 3.53. The number of aromatic amines is 4. The lowest BCUT2D eigenvalue weighted by molar-refractivity contribution is -0.159. The molecule has 16 aromatic heterocycles. The van der Waals surface area contributed by atoms with Gasteiger partial charge in [-0.2, -0.15) is 51.1 Å². The Hall–Kier alpha value is -11.4. The van der Waals surface area contributed by atoms with Crippen LogP contribution in [0.2, 0.25) is 0 Å². The number of ether oxygens (including phenoxy) is 1. The van der Waals surface area contributed by atoms with Crippen molar-refractivity contribution in [2.75, 3.05) is 80.8 Å². The number of likely N-dealkylation sites (tertiary alicyclic amines) is 3. The van der Waals surface area contributed by atoms with Gasteiger partial charge in [0.2, 0.25) is 0 Å². The van der Waals surface area contributed by atoms with Crippen LogP contribution in [0.4, 0.5) is 60.8 Å². The number of hydrogen-bond donors (Lipinski definition) is 8. The lowest BCUT2D eigenvalue weighted by Gasteiger charge is -2.39. The van der Waals surface area contributed by atoms with Gasteiger partial charge in [0.1, 0.15) is 25.7 Å². The number of piperidine rings is 3. The van der Waals surface area contributed by atoms with E-state index in [9.17, 15) is 17.6 Å². The fourth-order valence-electron chi connectivity index (χ4n) is 15.7. The fraction of sp³-hybridized carbons (Fsp3) is 0.422. The Balaban J connectivity index is 0.000000122. The van der Waals surface area contributed by atoms with E-state index in [1.165, 1.54) is 76.7 Å². The number of fused-ring (bicyclic) bond motifs is 4. The van der Waals surface area contributed by atoms with Gasteiger partial charge in [0, 0.05) is 136 Å². The molecule has 0 aliphatic carbocycles. The van der Waals surface area contributed by atoms with E-state index >= 15 is 0 Å². The molecule has 650 valence electrons. The summed E-state index contributed by atoms with van der Waals surface area (Å²) in [6, 6.07) is 8.05. The molecule has 124 heavy (non-hydrogen) atoms. The maximum atomic E-state index is 14.0. The van der Waals surface area contributed by atoms with Crippen LogP contribution in [0.3, 0.4) is 0 Å². The Bertz CT molecular complexity index is 6170. The number of H-pyrrole nitrogens is 4. The fourth-order valence-corrected chi connectivity index (χ4v) is 18.3. The Morgan fingerprint density at radius 3 is 1.18 bits per heavy atom. The monoisotopic (exact) mass is 1760 g/mol. The van der Waals surface area contributed by atoms with E-state index in [1.807, 2.05) is 134 Å². The van der Waals surface area contributed by atoms with E-state index in [0.717, 1.165) is 200 Å². The van der Waals surface area contributed by atoms with Gasteiger partial charge in [0.25, 0.3) is 0 Å². The molecule has 1 atom stereocenters. The molecule has 0 spiro atoms. The molecular formula is C83H100F4N32OS4. The predicted molar refractivity (Wildman–Crippen MR) is 476 cm³/mol. The highest BCUT2D eigenvalue weighted by molar-refractivity contribution is 7.11. The quantitative estimate of drug-likeness (QED) is 0.0246. The SMILES string of the molecule is CCC(C)(C)N(Cc1cc(Nc2nc(C)cn3c(-c4cn[nH]c4)cnc23)sn1)CC(F)(F)F.COC[C@@]1(C)CCCN(Cc2cc(Nc3nc(C)cn4c(-c5cn[nH]c5)cnc34)sn2)C1.Cc1cn2c(-c3cn[nH]c3)cnc2c(Nc2cc(CN3CCC(C)(F)CC3)ns2)n1.Cc1cn2c(-c3cn[nH]c3)cnc2c(Nc2cc(CN3CCC(C)CC3)ns2)n1. The molecular weight excluding hydrogens is 1670 g/mol. The molecule has 3 aliphatic rings. The van der Waals surface area contributed by atoms with Gasteiger partial charge in [0.05, 0.1) is 131 Å². The molecule has 0 unspecified atom stereocenters. The number of nitrogens with zero attached hydrogens (tertiary/aromatic N) is 24. The molecule has 33 nitrogen and oxygen atoms in total. The van der Waals surface area contributed by atoms with Gasteiger partial charge in [0.15, 0.2) is 45.9 Å². The van der Waals surface area contributed by atoms with Gasteiger partial charge in [-0.1, -0.05) is 20.8 Å². The Morgan fingerprint density at radius 1 is 0.492 bits per heavy atom. The molecule has 0 aromatic carbocycles. The number of methoxy groups -OCH3 is 1. The van der Waals surface area contributed by atoms with E-state index < -0.39 is 23.9 Å². The first-order valence-corrected chi connectivity index (χ1v) is 44.2. The predicted octanol–water partition coefficient (Wildman–Crippen LogP) is 16.9. The topological polar surface area (TPSA) is 357 Å². The first-order valence-electron chi connectivity index (χ1n) is 41.1. The molecule has 3 aliphatic heterocycles. The Labute approximate surface area is 729 Å². The van der Waals surface area contributed by atoms with Gasteiger partial charge < -0.3 is 26.0 Å². The maximum absolute atomic E-state index is 14.0. The van der Waals surface area contributed by atoms with Crippen molar-refractivity contribution in [2.24, 2.45) is 11.3 Å². The first kappa shape index (κ1) is 86.1. The van der Waals surface area contributed by atoms with Gasteiger partial charge in [-0.15, -0.1) is 0 Å². The molecule has 8 N–H and O–H groups in total. The molecule has 41 heteroatoms. The van der Waals surface area contributed by atoms with Gasteiger partial charge >= 0.3 is 6.18 Å². The van der Waals surface area contributed by atoms with Crippen molar-refractivity contribution in [1.82, 2.24) is 135 Å². The minimum atomic E-state index is -4.28. The first-order chi connectivity index (χ1) is 59.7. The van der Waals surface area contributed by atoms with Crippen LogP contribution >= 0.6 is 46.1 Å². The maximum Gasteiger partial charge on any atom is 0.401 e. The number of rotatable bonds is 25. The van der Waals surface area contributed by atoms with E-state index in [1.54, 1.807) is 57.3 Å². The summed E-state index contributed by atoms with van der Waals surface area (Å²) in [7, 11) is 1.79. The highest BCUT2D eigenvalue weighted by Gasteiger charge is 2.38. The third kappa shape index (κ3) is 20.8. The lowest BCUT2D eigenvalue weighted by atomic mass is 9.82. The lowest BCUT2D eigenvalue weighted by Crippen LogP contribution is -2.47. The van der Waals surface area contributed by atoms with Crippen LogP contribution in [0, 0.1) is 39.0 Å². The van der Waals surface area contributed by atoms with Crippen molar-refractivity contribution in [2.45, 2.75) is 158 Å². The number of imidazole rings is 4. The molecule has 3 fully saturated rings. The second-order valence-electron chi connectivity index (χ2n) is 33.3. The number of aromatic nitrogens is 24. The number of hydrogen-bond acceptors (Lipinski definition) is 29. The standard InChI is InChI=1S/C22H28N8OS.C21H25F3N8S.C20H23FN8S.C20H24N8S/c1-15-11-30-18(16-8-24-25-9-16)10-23-21(30)20(26-15)27-19-7-17(28-32-19)12-29-6-4-5-22(2,13-29)14-31-3;1-5-20(3,4)31(12-21(22,23)24)11-15-6-17(33-30-15)29-18-19-25-9-16(14-7-26-27-8-14)32(19)10-13(2)28-18;1-13-11-29-16(14-8-23-24-9-14)10-22-19(29)18(25-13)26-17-7-15(27-30-17)12-28-5-3-20(2,21)4-6-28;1-13-3-5-27(6-4-13)12-16-7-18(29-26-16)25-19-20-21-10-17(15-8-22-23-9-15)28(20)11-14(2)24-19/h7-11H,4-6,12-14H2,1-3H3,(H,24,25)(H,26,27);6-10H,5,11-12H2,1-4H3,(H,26,27)(H,28,29);7-11H,3-6,12H2,1-2H3,(H,23,24)(H,25,26);7-11,13H,3-6,12H2,1-2H3,(H,22,23)(H,24,25)/t22-;;;/m0.../s1. The average molecular weight is 1770 g/mol. The van der Waals surface area contributed by atoms with E-state index in [-0.39, 0.29) is 12.0 Å². The summed E-state index contributed by atoms with van der Waals surface area (Å²) in [5.41, 5.74) is 16.3. The van der Waals surface area contributed by atoms with Crippen molar-refractivity contribution in [3.63, 3.8) is 0 Å². The van der Waals surface area contributed by atoms with Crippen LogP contribution in [0.5, 0.6) is 0 Å². The number of halogens is 4. The van der Waals surface area contributed by atoms with Crippen LogP contribution < -0.4 is 21.3 Å². The van der Waals surface area contributed by atoms with Crippen molar-refractivity contribution < 1.29 is 22.3 Å². The van der Waals surface area contributed by atoms with Crippen molar-refractivity contribution in [3.05, 3.63) is 169 Å². The molecule has 0 bridgehead atoms. The van der Waals surface area contributed by atoms with E-state index in [4.69, 9.17) is 9.72 Å². The Morgan fingerprint density at radius 2 is 0.839 bits per heavy atom. The highest BCUT2D eigenvalue weighted by Crippen LogP contribution is 2.38.